The van der Waals surface area contributed by atoms with Crippen molar-refractivity contribution in [2.75, 3.05) is 19.8 Å². The van der Waals surface area contributed by atoms with Crippen LogP contribution in [0, 0.1) is 0 Å². The molecule has 5 nitrogen and oxygen atoms in total. The van der Waals surface area contributed by atoms with Gasteiger partial charge in [-0.05, 0) is 24.6 Å². The molecule has 0 unspecified atom stereocenters. The molecule has 1 aliphatic heterocycles. The minimum absolute atomic E-state index is 0. The Kier molecular flexibility index (Phi) is 7.35. The highest BCUT2D eigenvalue weighted by molar-refractivity contribution is 14.0. The van der Waals surface area contributed by atoms with Crippen molar-refractivity contribution in [3.05, 3.63) is 35.9 Å². The van der Waals surface area contributed by atoms with E-state index < -0.39 is 0 Å². The minimum atomic E-state index is 0. The highest BCUT2D eigenvalue weighted by atomic mass is 127. The summed E-state index contributed by atoms with van der Waals surface area (Å²) in [6, 6.07) is 5.85. The van der Waals surface area contributed by atoms with Gasteiger partial charge in [-0.25, -0.2) is 4.99 Å². The molecule has 2 rings (SSSR count). The molecule has 0 aromatic heterocycles. The highest BCUT2D eigenvalue weighted by Crippen LogP contribution is 2.30. The first-order valence-corrected chi connectivity index (χ1v) is 6.72. The SMILES string of the molecule is C=C(C)CNC(N)=NCc1ccc2c(c1)OCCCO2.I. The number of ether oxygens (including phenoxy) is 2. The number of nitrogens with one attached hydrogen (secondary N) is 1. The maximum atomic E-state index is 5.77. The summed E-state index contributed by atoms with van der Waals surface area (Å²) in [7, 11) is 0. The molecule has 0 aliphatic carbocycles. The fourth-order valence-electron chi connectivity index (χ4n) is 1.78. The van der Waals surface area contributed by atoms with Crippen LogP contribution in [0.1, 0.15) is 18.9 Å². The minimum Gasteiger partial charge on any atom is -0.490 e. The van der Waals surface area contributed by atoms with Crippen molar-refractivity contribution in [2.45, 2.75) is 19.9 Å². The standard InChI is InChI=1S/C15H21N3O2.HI/c1-11(2)9-17-15(16)18-10-12-4-5-13-14(8-12)20-7-3-6-19-13;/h4-5,8H,1,3,6-7,9-10H2,2H3,(H3,16,17,18);1H. The fraction of sp³-hybridized carbons (Fsp3) is 0.400. The molecule has 0 spiro atoms. The zero-order valence-electron chi connectivity index (χ0n) is 12.2. The summed E-state index contributed by atoms with van der Waals surface area (Å²) in [6.45, 7) is 8.25. The smallest absolute Gasteiger partial charge is 0.189 e. The molecule has 3 N–H and O–H groups in total. The first kappa shape index (κ1) is 17.6. The van der Waals surface area contributed by atoms with Gasteiger partial charge in [-0.15, -0.1) is 24.0 Å². The van der Waals surface area contributed by atoms with Crippen molar-refractivity contribution >= 4 is 29.9 Å². The molecular weight excluding hydrogens is 381 g/mol. The predicted octanol–water partition coefficient (Wildman–Crippen LogP) is 2.45. The van der Waals surface area contributed by atoms with Crippen molar-refractivity contribution in [1.29, 1.82) is 0 Å². The molecule has 1 aromatic carbocycles. The number of guanidine groups is 1. The molecule has 0 atom stereocenters. The van der Waals surface area contributed by atoms with E-state index in [0.29, 0.717) is 32.3 Å². The highest BCUT2D eigenvalue weighted by Gasteiger charge is 2.10. The van der Waals surface area contributed by atoms with Crippen molar-refractivity contribution < 1.29 is 9.47 Å². The van der Waals surface area contributed by atoms with E-state index in [1.165, 1.54) is 0 Å². The lowest BCUT2D eigenvalue weighted by Gasteiger charge is -2.09. The number of hydrogen-bond donors (Lipinski definition) is 2. The van der Waals surface area contributed by atoms with E-state index in [9.17, 15) is 0 Å². The molecule has 0 saturated carbocycles. The Morgan fingerprint density at radius 2 is 2.05 bits per heavy atom. The molecule has 21 heavy (non-hydrogen) atoms. The maximum Gasteiger partial charge on any atom is 0.189 e. The van der Waals surface area contributed by atoms with Crippen LogP contribution in [-0.4, -0.2) is 25.7 Å². The largest absolute Gasteiger partial charge is 0.490 e. The van der Waals surface area contributed by atoms with Crippen LogP contribution in [0.5, 0.6) is 11.5 Å². The van der Waals surface area contributed by atoms with Gasteiger partial charge in [0.15, 0.2) is 17.5 Å². The van der Waals surface area contributed by atoms with Gasteiger partial charge in [0, 0.05) is 13.0 Å². The third-order valence-corrected chi connectivity index (χ3v) is 2.82. The number of rotatable bonds is 4. The first-order chi connectivity index (χ1) is 9.65. The van der Waals surface area contributed by atoms with Gasteiger partial charge in [0.1, 0.15) is 0 Å². The Morgan fingerprint density at radius 3 is 2.76 bits per heavy atom. The van der Waals surface area contributed by atoms with E-state index in [2.05, 4.69) is 16.9 Å². The third-order valence-electron chi connectivity index (χ3n) is 2.82. The van der Waals surface area contributed by atoms with Crippen LogP contribution in [0.2, 0.25) is 0 Å². The van der Waals surface area contributed by atoms with E-state index in [4.69, 9.17) is 15.2 Å². The van der Waals surface area contributed by atoms with E-state index in [1.54, 1.807) is 0 Å². The number of hydrogen-bond acceptors (Lipinski definition) is 3. The Bertz CT molecular complexity index is 518. The third kappa shape index (κ3) is 5.82. The zero-order chi connectivity index (χ0) is 14.4. The summed E-state index contributed by atoms with van der Waals surface area (Å²) in [6.07, 6.45) is 0.903. The quantitative estimate of drug-likeness (QED) is 0.351. The van der Waals surface area contributed by atoms with Crippen LogP contribution < -0.4 is 20.5 Å². The maximum absolute atomic E-state index is 5.77. The van der Waals surface area contributed by atoms with Gasteiger partial charge in [-0.3, -0.25) is 0 Å². The van der Waals surface area contributed by atoms with Gasteiger partial charge in [0.2, 0.25) is 0 Å². The Hall–Kier alpha value is -1.44. The normalized spacial score (nSPS) is 13.9. The molecule has 116 valence electrons. The summed E-state index contributed by atoms with van der Waals surface area (Å²) in [4.78, 5) is 4.28. The average Bonchev–Trinajstić information content (AvgIpc) is 2.67. The zero-order valence-corrected chi connectivity index (χ0v) is 14.6. The summed E-state index contributed by atoms with van der Waals surface area (Å²) in [5.41, 5.74) is 7.82. The molecule has 1 heterocycles. The van der Waals surface area contributed by atoms with Crippen LogP contribution in [-0.2, 0) is 6.54 Å². The molecule has 0 amide bonds. The summed E-state index contributed by atoms with van der Waals surface area (Å²) < 4.78 is 11.2. The van der Waals surface area contributed by atoms with Gasteiger partial charge in [0.05, 0.1) is 19.8 Å². The van der Waals surface area contributed by atoms with Gasteiger partial charge >= 0.3 is 0 Å². The van der Waals surface area contributed by atoms with E-state index in [0.717, 1.165) is 29.1 Å². The number of benzene rings is 1. The molecule has 1 aromatic rings. The predicted molar refractivity (Wildman–Crippen MR) is 95.6 cm³/mol. The first-order valence-electron chi connectivity index (χ1n) is 6.72. The number of halogens is 1. The van der Waals surface area contributed by atoms with Crippen molar-refractivity contribution in [1.82, 2.24) is 5.32 Å². The van der Waals surface area contributed by atoms with Crippen LogP contribution in [0.3, 0.4) is 0 Å². The van der Waals surface area contributed by atoms with Gasteiger partial charge in [-0.1, -0.05) is 18.2 Å². The Labute approximate surface area is 142 Å². The second kappa shape index (κ2) is 8.76. The lowest BCUT2D eigenvalue weighted by atomic mass is 10.2. The topological polar surface area (TPSA) is 68.9 Å². The molecule has 6 heteroatoms. The number of nitrogens with two attached hydrogens (primary N) is 1. The summed E-state index contributed by atoms with van der Waals surface area (Å²) >= 11 is 0. The monoisotopic (exact) mass is 403 g/mol. The van der Waals surface area contributed by atoms with Crippen molar-refractivity contribution in [2.24, 2.45) is 10.7 Å². The fourth-order valence-corrected chi connectivity index (χ4v) is 1.78. The Morgan fingerprint density at radius 1 is 1.33 bits per heavy atom. The van der Waals surface area contributed by atoms with Gasteiger partial charge in [-0.2, -0.15) is 0 Å². The van der Waals surface area contributed by atoms with Crippen LogP contribution in [0.15, 0.2) is 35.3 Å². The second-order valence-corrected chi connectivity index (χ2v) is 4.84. The van der Waals surface area contributed by atoms with Crippen LogP contribution in [0.25, 0.3) is 0 Å². The van der Waals surface area contributed by atoms with Crippen molar-refractivity contribution in [3.8, 4) is 11.5 Å². The van der Waals surface area contributed by atoms with E-state index in [1.807, 2.05) is 25.1 Å². The molecule has 0 saturated heterocycles. The van der Waals surface area contributed by atoms with E-state index >= 15 is 0 Å². The molecule has 1 aliphatic rings. The summed E-state index contributed by atoms with van der Waals surface area (Å²) in [5.74, 6) is 1.99. The summed E-state index contributed by atoms with van der Waals surface area (Å²) in [5, 5.41) is 3.00. The number of fused-ring (bicyclic) bond motifs is 1. The molecule has 0 fully saturated rings. The molecule has 0 radical (unpaired) electrons. The van der Waals surface area contributed by atoms with Crippen molar-refractivity contribution in [3.63, 3.8) is 0 Å². The Balaban J connectivity index is 0.00000220. The van der Waals surface area contributed by atoms with Gasteiger partial charge in [0.25, 0.3) is 0 Å². The van der Waals surface area contributed by atoms with Crippen LogP contribution in [0.4, 0.5) is 0 Å². The lowest BCUT2D eigenvalue weighted by molar-refractivity contribution is 0.297. The lowest BCUT2D eigenvalue weighted by Crippen LogP contribution is -2.32. The second-order valence-electron chi connectivity index (χ2n) is 4.84. The van der Waals surface area contributed by atoms with Crippen LogP contribution >= 0.6 is 24.0 Å². The number of aliphatic imine (C=N–C) groups is 1. The van der Waals surface area contributed by atoms with Gasteiger partial charge < -0.3 is 20.5 Å². The van der Waals surface area contributed by atoms with E-state index in [-0.39, 0.29) is 24.0 Å². The average molecular weight is 403 g/mol. The molecular formula is C15H22IN3O2. The number of nitrogens with zero attached hydrogens (tertiary/aromatic N) is 1. The molecule has 0 bridgehead atoms.